The van der Waals surface area contributed by atoms with Crippen LogP contribution in [-0.2, 0) is 6.54 Å². The molecule has 5 nitrogen and oxygen atoms in total. The summed E-state index contributed by atoms with van der Waals surface area (Å²) in [5.74, 6) is 1.76. The summed E-state index contributed by atoms with van der Waals surface area (Å²) in [7, 11) is 3.99. The van der Waals surface area contributed by atoms with Crippen LogP contribution in [0.3, 0.4) is 0 Å². The standard InChI is InChI=1S/C17H22ClN5/c1-21(2)16-7-8-19-17(20-16)23-11-9-22(10-12-23)13-14-3-5-15(18)6-4-14/h3-8H,9-13H2,1-2H3. The summed E-state index contributed by atoms with van der Waals surface area (Å²) >= 11 is 5.94. The molecule has 23 heavy (non-hydrogen) atoms. The molecule has 1 aliphatic heterocycles. The molecule has 0 radical (unpaired) electrons. The van der Waals surface area contributed by atoms with Gasteiger partial charge in [0.05, 0.1) is 0 Å². The molecular weight excluding hydrogens is 310 g/mol. The van der Waals surface area contributed by atoms with E-state index in [0.29, 0.717) is 0 Å². The Bertz CT molecular complexity index is 636. The number of hydrogen-bond acceptors (Lipinski definition) is 5. The molecule has 0 atom stereocenters. The van der Waals surface area contributed by atoms with Gasteiger partial charge < -0.3 is 9.80 Å². The first-order valence-corrected chi connectivity index (χ1v) is 8.22. The highest BCUT2D eigenvalue weighted by Gasteiger charge is 2.19. The predicted molar refractivity (Wildman–Crippen MR) is 95.3 cm³/mol. The van der Waals surface area contributed by atoms with E-state index in [-0.39, 0.29) is 0 Å². The fourth-order valence-corrected chi connectivity index (χ4v) is 2.82. The lowest BCUT2D eigenvalue weighted by atomic mass is 10.2. The van der Waals surface area contributed by atoms with Crippen LogP contribution in [0.2, 0.25) is 5.02 Å². The van der Waals surface area contributed by atoms with E-state index in [0.717, 1.165) is 49.5 Å². The smallest absolute Gasteiger partial charge is 0.227 e. The molecule has 1 aromatic carbocycles. The van der Waals surface area contributed by atoms with Gasteiger partial charge in [-0.05, 0) is 23.8 Å². The molecule has 0 aliphatic carbocycles. The zero-order valence-corrected chi connectivity index (χ0v) is 14.4. The minimum absolute atomic E-state index is 0.788. The van der Waals surface area contributed by atoms with E-state index in [1.807, 2.05) is 43.4 Å². The molecule has 0 bridgehead atoms. The molecule has 2 heterocycles. The van der Waals surface area contributed by atoms with Gasteiger partial charge in [-0.1, -0.05) is 23.7 Å². The van der Waals surface area contributed by atoms with Crippen molar-refractivity contribution < 1.29 is 0 Å². The molecule has 1 saturated heterocycles. The van der Waals surface area contributed by atoms with E-state index >= 15 is 0 Å². The average molecular weight is 332 g/mol. The Morgan fingerprint density at radius 2 is 1.74 bits per heavy atom. The van der Waals surface area contributed by atoms with E-state index in [2.05, 4.69) is 31.9 Å². The summed E-state index contributed by atoms with van der Waals surface area (Å²) < 4.78 is 0. The van der Waals surface area contributed by atoms with Crippen LogP contribution in [0.5, 0.6) is 0 Å². The molecule has 0 saturated carbocycles. The molecule has 0 unspecified atom stereocenters. The third-order valence-electron chi connectivity index (χ3n) is 4.06. The number of benzene rings is 1. The molecule has 0 amide bonds. The Kier molecular flexibility index (Phi) is 4.98. The van der Waals surface area contributed by atoms with Crippen molar-refractivity contribution >= 4 is 23.4 Å². The summed E-state index contributed by atoms with van der Waals surface area (Å²) in [4.78, 5) is 15.8. The first kappa shape index (κ1) is 16.0. The Labute approximate surface area is 142 Å². The maximum Gasteiger partial charge on any atom is 0.227 e. The van der Waals surface area contributed by atoms with Crippen molar-refractivity contribution in [3.05, 3.63) is 47.1 Å². The fourth-order valence-electron chi connectivity index (χ4n) is 2.69. The second kappa shape index (κ2) is 7.15. The lowest BCUT2D eigenvalue weighted by molar-refractivity contribution is 0.248. The Morgan fingerprint density at radius 3 is 2.39 bits per heavy atom. The van der Waals surface area contributed by atoms with Crippen LogP contribution in [0, 0.1) is 0 Å². The van der Waals surface area contributed by atoms with Gasteiger partial charge in [0.1, 0.15) is 5.82 Å². The van der Waals surface area contributed by atoms with Crippen LogP contribution in [0.25, 0.3) is 0 Å². The van der Waals surface area contributed by atoms with Gasteiger partial charge in [0.25, 0.3) is 0 Å². The minimum atomic E-state index is 0.788. The van der Waals surface area contributed by atoms with Crippen molar-refractivity contribution in [3.8, 4) is 0 Å². The number of rotatable bonds is 4. The summed E-state index contributed by atoms with van der Waals surface area (Å²) in [6.07, 6.45) is 1.83. The van der Waals surface area contributed by atoms with Crippen LogP contribution in [0.4, 0.5) is 11.8 Å². The van der Waals surface area contributed by atoms with Gasteiger partial charge in [0, 0.05) is 58.0 Å². The van der Waals surface area contributed by atoms with Gasteiger partial charge in [-0.3, -0.25) is 4.90 Å². The normalized spacial score (nSPS) is 15.7. The molecule has 0 spiro atoms. The van der Waals surface area contributed by atoms with Gasteiger partial charge >= 0.3 is 0 Å². The van der Waals surface area contributed by atoms with Gasteiger partial charge in [-0.15, -0.1) is 0 Å². The van der Waals surface area contributed by atoms with Crippen LogP contribution < -0.4 is 9.80 Å². The van der Waals surface area contributed by atoms with Gasteiger partial charge in [0.2, 0.25) is 5.95 Å². The van der Waals surface area contributed by atoms with E-state index in [1.54, 1.807) is 0 Å². The van der Waals surface area contributed by atoms with Gasteiger partial charge in [0.15, 0.2) is 0 Å². The van der Waals surface area contributed by atoms with Gasteiger partial charge in [-0.25, -0.2) is 4.98 Å². The number of anilines is 2. The number of hydrogen-bond donors (Lipinski definition) is 0. The molecular formula is C17H22ClN5. The van der Waals surface area contributed by atoms with Crippen molar-refractivity contribution in [2.75, 3.05) is 50.1 Å². The monoisotopic (exact) mass is 331 g/mol. The Hall–Kier alpha value is -1.85. The van der Waals surface area contributed by atoms with Crippen molar-refractivity contribution in [1.29, 1.82) is 0 Å². The van der Waals surface area contributed by atoms with Crippen molar-refractivity contribution in [2.45, 2.75) is 6.54 Å². The highest BCUT2D eigenvalue weighted by molar-refractivity contribution is 6.30. The summed E-state index contributed by atoms with van der Waals surface area (Å²) in [5.41, 5.74) is 1.30. The number of piperazine rings is 1. The Balaban J connectivity index is 1.58. The molecule has 1 aliphatic rings. The zero-order chi connectivity index (χ0) is 16.2. The number of aromatic nitrogens is 2. The topological polar surface area (TPSA) is 35.5 Å². The zero-order valence-electron chi connectivity index (χ0n) is 13.6. The quantitative estimate of drug-likeness (QED) is 0.860. The largest absolute Gasteiger partial charge is 0.363 e. The van der Waals surface area contributed by atoms with E-state index in [9.17, 15) is 0 Å². The number of halogens is 1. The Morgan fingerprint density at radius 1 is 1.04 bits per heavy atom. The molecule has 2 aromatic rings. The van der Waals surface area contributed by atoms with E-state index in [1.165, 1.54) is 5.56 Å². The maximum absolute atomic E-state index is 5.94. The molecule has 3 rings (SSSR count). The third kappa shape index (κ3) is 4.12. The molecule has 1 aromatic heterocycles. The van der Waals surface area contributed by atoms with Crippen LogP contribution >= 0.6 is 11.6 Å². The average Bonchev–Trinajstić information content (AvgIpc) is 2.58. The first-order valence-electron chi connectivity index (χ1n) is 7.84. The highest BCUT2D eigenvalue weighted by atomic mass is 35.5. The second-order valence-corrected chi connectivity index (χ2v) is 6.44. The van der Waals surface area contributed by atoms with Crippen molar-refractivity contribution in [1.82, 2.24) is 14.9 Å². The summed E-state index contributed by atoms with van der Waals surface area (Å²) in [6.45, 7) is 4.88. The summed E-state index contributed by atoms with van der Waals surface area (Å²) in [6, 6.07) is 10.0. The van der Waals surface area contributed by atoms with Crippen LogP contribution in [-0.4, -0.2) is 55.1 Å². The van der Waals surface area contributed by atoms with Crippen LogP contribution in [0.15, 0.2) is 36.5 Å². The first-order chi connectivity index (χ1) is 11.1. The molecule has 0 N–H and O–H groups in total. The van der Waals surface area contributed by atoms with E-state index in [4.69, 9.17) is 11.6 Å². The molecule has 1 fully saturated rings. The second-order valence-electron chi connectivity index (χ2n) is 6.00. The molecule has 6 heteroatoms. The maximum atomic E-state index is 5.94. The SMILES string of the molecule is CN(C)c1ccnc(N2CCN(Cc3ccc(Cl)cc3)CC2)n1. The molecule has 122 valence electrons. The summed E-state index contributed by atoms with van der Waals surface area (Å²) in [5, 5.41) is 0.788. The van der Waals surface area contributed by atoms with E-state index < -0.39 is 0 Å². The highest BCUT2D eigenvalue weighted by Crippen LogP contribution is 2.17. The number of nitrogens with zero attached hydrogens (tertiary/aromatic N) is 5. The van der Waals surface area contributed by atoms with Crippen LogP contribution in [0.1, 0.15) is 5.56 Å². The fraction of sp³-hybridized carbons (Fsp3) is 0.412. The van der Waals surface area contributed by atoms with Crippen molar-refractivity contribution in [3.63, 3.8) is 0 Å². The minimum Gasteiger partial charge on any atom is -0.363 e. The lowest BCUT2D eigenvalue weighted by Gasteiger charge is -2.35. The lowest BCUT2D eigenvalue weighted by Crippen LogP contribution is -2.46. The third-order valence-corrected chi connectivity index (χ3v) is 4.31. The predicted octanol–water partition coefficient (Wildman–Crippen LogP) is 2.52. The van der Waals surface area contributed by atoms with Crippen molar-refractivity contribution in [2.24, 2.45) is 0 Å². The van der Waals surface area contributed by atoms with Gasteiger partial charge in [-0.2, -0.15) is 4.98 Å².